The lowest BCUT2D eigenvalue weighted by Gasteiger charge is -2.18. The second-order valence-electron chi connectivity index (χ2n) is 21.6. The molecule has 0 saturated heterocycles. The maximum absolute atomic E-state index is 12.9. The Hall–Kier alpha value is -1.59. The molecule has 0 heterocycles. The van der Waals surface area contributed by atoms with Gasteiger partial charge in [0.2, 0.25) is 0 Å². The SMILES string of the molecule is CCCCCCCCCCCCCCCCCCCCCC(=O)OC[C@@H](COC(=O)CCCCCCCCCCC(C)C)OC(=O)CCCCCCCCCCCCCCCCCC(C)C. The minimum atomic E-state index is -0.763. The van der Waals surface area contributed by atoms with Crippen molar-refractivity contribution in [2.45, 2.75) is 343 Å². The quantitative estimate of drug-likeness (QED) is 0.0343. The summed E-state index contributed by atoms with van der Waals surface area (Å²) in [5.41, 5.74) is 0. The molecule has 0 rings (SSSR count). The Morgan fingerprint density at radius 2 is 0.500 bits per heavy atom. The van der Waals surface area contributed by atoms with Gasteiger partial charge >= 0.3 is 17.9 Å². The molecule has 1 atom stereocenters. The number of hydrogen-bond acceptors (Lipinski definition) is 6. The van der Waals surface area contributed by atoms with E-state index in [9.17, 15) is 14.4 Å². The standard InChI is InChI=1S/C60H116O6/c1-6-7-8-9-10-11-12-13-14-15-16-17-20-23-26-29-35-40-45-50-58(61)64-53-57(54-65-59(62)51-46-41-36-32-31-34-39-44-49-56(4)5)66-60(63)52-47-42-37-30-27-24-21-18-19-22-25-28-33-38-43-48-55(2)3/h55-57H,6-54H2,1-5H3/t57-/m0/s1. The molecule has 0 unspecified atom stereocenters. The molecule has 6 heteroatoms. The Morgan fingerprint density at radius 3 is 0.742 bits per heavy atom. The van der Waals surface area contributed by atoms with Crippen LogP contribution in [0.1, 0.15) is 336 Å². The van der Waals surface area contributed by atoms with Crippen molar-refractivity contribution >= 4 is 17.9 Å². The molecule has 0 fully saturated rings. The molecule has 0 amide bonds. The van der Waals surface area contributed by atoms with Crippen LogP contribution in [0.2, 0.25) is 0 Å². The second-order valence-corrected chi connectivity index (χ2v) is 21.6. The second kappa shape index (κ2) is 52.8. The number of carbonyl (C=O) groups excluding carboxylic acids is 3. The van der Waals surface area contributed by atoms with Gasteiger partial charge in [0.15, 0.2) is 6.10 Å². The van der Waals surface area contributed by atoms with Crippen molar-refractivity contribution in [1.82, 2.24) is 0 Å². The highest BCUT2D eigenvalue weighted by Gasteiger charge is 2.19. The predicted molar refractivity (Wildman–Crippen MR) is 284 cm³/mol. The molecule has 0 aromatic carbocycles. The van der Waals surface area contributed by atoms with Gasteiger partial charge < -0.3 is 14.2 Å². The van der Waals surface area contributed by atoms with E-state index in [1.165, 1.54) is 225 Å². The van der Waals surface area contributed by atoms with Crippen LogP contribution in [0.5, 0.6) is 0 Å². The molecule has 0 bridgehead atoms. The number of esters is 3. The van der Waals surface area contributed by atoms with E-state index in [1.807, 2.05) is 0 Å². The van der Waals surface area contributed by atoms with Crippen LogP contribution in [0.4, 0.5) is 0 Å². The third-order valence-electron chi connectivity index (χ3n) is 13.7. The van der Waals surface area contributed by atoms with Crippen LogP contribution in [-0.4, -0.2) is 37.2 Å². The highest BCUT2D eigenvalue weighted by molar-refractivity contribution is 5.71. The normalized spacial score (nSPS) is 12.0. The average Bonchev–Trinajstić information content (AvgIpc) is 3.29. The lowest BCUT2D eigenvalue weighted by atomic mass is 10.0. The summed E-state index contributed by atoms with van der Waals surface area (Å²) in [5.74, 6) is 0.804. The van der Waals surface area contributed by atoms with E-state index in [2.05, 4.69) is 34.6 Å². The molecule has 0 aromatic heterocycles. The van der Waals surface area contributed by atoms with Gasteiger partial charge in [-0.05, 0) is 31.1 Å². The Morgan fingerprint density at radius 1 is 0.288 bits per heavy atom. The Kier molecular flexibility index (Phi) is 51.5. The third-order valence-corrected chi connectivity index (χ3v) is 13.7. The van der Waals surface area contributed by atoms with Crippen LogP contribution in [0.3, 0.4) is 0 Å². The van der Waals surface area contributed by atoms with Gasteiger partial charge in [-0.3, -0.25) is 14.4 Å². The zero-order chi connectivity index (χ0) is 48.2. The lowest BCUT2D eigenvalue weighted by Crippen LogP contribution is -2.30. The van der Waals surface area contributed by atoms with E-state index < -0.39 is 6.10 Å². The van der Waals surface area contributed by atoms with Crippen LogP contribution >= 0.6 is 0 Å². The molecule has 0 radical (unpaired) electrons. The molecule has 66 heavy (non-hydrogen) atoms. The summed E-state index contributed by atoms with van der Waals surface area (Å²) in [5, 5.41) is 0. The molecule has 0 aliphatic heterocycles. The van der Waals surface area contributed by atoms with Gasteiger partial charge in [-0.1, -0.05) is 298 Å². The van der Waals surface area contributed by atoms with Crippen molar-refractivity contribution in [3.63, 3.8) is 0 Å². The fourth-order valence-electron chi connectivity index (χ4n) is 9.23. The molecule has 0 aliphatic rings. The molecule has 0 aliphatic carbocycles. The number of carbonyl (C=O) groups is 3. The molecule has 6 nitrogen and oxygen atoms in total. The third kappa shape index (κ3) is 53.4. The molecule has 0 N–H and O–H groups in total. The first-order valence-electron chi connectivity index (χ1n) is 29.7. The predicted octanol–water partition coefficient (Wildman–Crippen LogP) is 19.7. The fraction of sp³-hybridized carbons (Fsp3) is 0.950. The Bertz CT molecular complexity index is 1010. The minimum Gasteiger partial charge on any atom is -0.462 e. The average molecular weight is 934 g/mol. The monoisotopic (exact) mass is 933 g/mol. The van der Waals surface area contributed by atoms with Crippen LogP contribution in [0.25, 0.3) is 0 Å². The largest absolute Gasteiger partial charge is 0.462 e. The number of unbranched alkanes of at least 4 members (excludes halogenated alkanes) is 39. The van der Waals surface area contributed by atoms with E-state index in [0.29, 0.717) is 19.3 Å². The highest BCUT2D eigenvalue weighted by atomic mass is 16.6. The fourth-order valence-corrected chi connectivity index (χ4v) is 9.23. The van der Waals surface area contributed by atoms with Gasteiger partial charge in [-0.2, -0.15) is 0 Å². The van der Waals surface area contributed by atoms with Crippen LogP contribution < -0.4 is 0 Å². The molecular formula is C60H116O6. The van der Waals surface area contributed by atoms with Gasteiger partial charge in [0.25, 0.3) is 0 Å². The van der Waals surface area contributed by atoms with E-state index in [4.69, 9.17) is 14.2 Å². The van der Waals surface area contributed by atoms with Crippen LogP contribution in [-0.2, 0) is 28.6 Å². The smallest absolute Gasteiger partial charge is 0.306 e. The zero-order valence-corrected chi connectivity index (χ0v) is 45.3. The first-order chi connectivity index (χ1) is 32.2. The summed E-state index contributed by atoms with van der Waals surface area (Å²) in [7, 11) is 0. The van der Waals surface area contributed by atoms with Gasteiger partial charge in [0.05, 0.1) is 0 Å². The molecule has 0 spiro atoms. The summed E-state index contributed by atoms with van der Waals surface area (Å²) >= 11 is 0. The van der Waals surface area contributed by atoms with Crippen molar-refractivity contribution in [2.24, 2.45) is 11.8 Å². The van der Waals surface area contributed by atoms with Crippen molar-refractivity contribution in [1.29, 1.82) is 0 Å². The van der Waals surface area contributed by atoms with Crippen molar-refractivity contribution in [3.8, 4) is 0 Å². The first kappa shape index (κ1) is 64.4. The van der Waals surface area contributed by atoms with Gasteiger partial charge in [0.1, 0.15) is 13.2 Å². The van der Waals surface area contributed by atoms with E-state index >= 15 is 0 Å². The van der Waals surface area contributed by atoms with Gasteiger partial charge in [0, 0.05) is 19.3 Å². The van der Waals surface area contributed by atoms with Gasteiger partial charge in [-0.15, -0.1) is 0 Å². The summed E-state index contributed by atoms with van der Waals surface area (Å²) in [4.78, 5) is 38.1. The van der Waals surface area contributed by atoms with E-state index in [-0.39, 0.29) is 31.1 Å². The molecule has 0 saturated carbocycles. The molecule has 0 aromatic rings. The Balaban J connectivity index is 4.24. The van der Waals surface area contributed by atoms with Gasteiger partial charge in [-0.25, -0.2) is 0 Å². The Labute approximate surface area is 412 Å². The maximum atomic E-state index is 12.9. The molecule has 392 valence electrons. The zero-order valence-electron chi connectivity index (χ0n) is 45.3. The van der Waals surface area contributed by atoms with Crippen molar-refractivity contribution in [2.75, 3.05) is 13.2 Å². The number of ether oxygens (including phenoxy) is 3. The van der Waals surface area contributed by atoms with Crippen LogP contribution in [0, 0.1) is 11.8 Å². The van der Waals surface area contributed by atoms with E-state index in [1.54, 1.807) is 0 Å². The van der Waals surface area contributed by atoms with E-state index in [0.717, 1.165) is 69.6 Å². The molecular weight excluding hydrogens is 817 g/mol. The van der Waals surface area contributed by atoms with Crippen molar-refractivity contribution < 1.29 is 28.6 Å². The summed E-state index contributed by atoms with van der Waals surface area (Å²) in [6, 6.07) is 0. The topological polar surface area (TPSA) is 78.9 Å². The lowest BCUT2D eigenvalue weighted by molar-refractivity contribution is -0.167. The number of rotatable bonds is 54. The first-order valence-corrected chi connectivity index (χ1v) is 29.7. The summed E-state index contributed by atoms with van der Waals surface area (Å²) < 4.78 is 16.9. The summed E-state index contributed by atoms with van der Waals surface area (Å²) in [6.45, 7) is 11.4. The maximum Gasteiger partial charge on any atom is 0.306 e. The highest BCUT2D eigenvalue weighted by Crippen LogP contribution is 2.18. The van der Waals surface area contributed by atoms with Crippen molar-refractivity contribution in [3.05, 3.63) is 0 Å². The number of hydrogen-bond donors (Lipinski definition) is 0. The minimum absolute atomic E-state index is 0.0629. The summed E-state index contributed by atoms with van der Waals surface area (Å²) in [6.07, 6.45) is 56.8. The van der Waals surface area contributed by atoms with Crippen LogP contribution in [0.15, 0.2) is 0 Å².